The molecular weight excluding hydrogens is 278 g/mol. The number of rotatable bonds is 5. The van der Waals surface area contributed by atoms with Gasteiger partial charge in [-0.3, -0.25) is 19.9 Å². The number of furan rings is 1. The Morgan fingerprint density at radius 2 is 2.19 bits per heavy atom. The molecule has 2 aromatic rings. The van der Waals surface area contributed by atoms with Gasteiger partial charge in [0.25, 0.3) is 5.91 Å². The molecule has 21 heavy (non-hydrogen) atoms. The molecule has 2 N–H and O–H groups in total. The summed E-state index contributed by atoms with van der Waals surface area (Å²) in [7, 11) is 2.82. The average molecular weight is 291 g/mol. The van der Waals surface area contributed by atoms with Crippen molar-refractivity contribution < 1.29 is 23.5 Å². The highest BCUT2D eigenvalue weighted by Gasteiger charge is 2.23. The fourth-order valence-electron chi connectivity index (χ4n) is 1.85. The maximum atomic E-state index is 11.7. The zero-order valence-corrected chi connectivity index (χ0v) is 11.4. The van der Waals surface area contributed by atoms with Gasteiger partial charge in [-0.1, -0.05) is 0 Å². The monoisotopic (exact) mass is 291 g/mol. The molecular formula is C13H13N3O5. The SMILES string of the molecule is CNC(C(=O)NC=O)c1cc2ncc(C(=O)OC)cc2o1. The van der Waals surface area contributed by atoms with Gasteiger partial charge in [-0.25, -0.2) is 4.79 Å². The molecule has 2 aromatic heterocycles. The van der Waals surface area contributed by atoms with Gasteiger partial charge in [-0.2, -0.15) is 0 Å². The van der Waals surface area contributed by atoms with Gasteiger partial charge >= 0.3 is 5.97 Å². The van der Waals surface area contributed by atoms with Crippen LogP contribution in [0.5, 0.6) is 0 Å². The van der Waals surface area contributed by atoms with Gasteiger partial charge in [0, 0.05) is 12.3 Å². The Balaban J connectivity index is 2.39. The van der Waals surface area contributed by atoms with Crippen molar-refractivity contribution >= 4 is 29.4 Å². The van der Waals surface area contributed by atoms with Gasteiger partial charge in [0.05, 0.1) is 12.7 Å². The number of likely N-dealkylation sites (N-methyl/N-ethyl adjacent to an activating group) is 1. The molecule has 1 atom stereocenters. The van der Waals surface area contributed by atoms with Gasteiger partial charge in [0.15, 0.2) is 5.58 Å². The number of carbonyl (C=O) groups excluding carboxylic acids is 3. The first-order valence-electron chi connectivity index (χ1n) is 5.99. The zero-order valence-electron chi connectivity index (χ0n) is 11.4. The summed E-state index contributed by atoms with van der Waals surface area (Å²) in [6.45, 7) is 0. The van der Waals surface area contributed by atoms with Crippen LogP contribution < -0.4 is 10.6 Å². The van der Waals surface area contributed by atoms with Crippen molar-refractivity contribution in [2.75, 3.05) is 14.2 Å². The smallest absolute Gasteiger partial charge is 0.339 e. The Morgan fingerprint density at radius 1 is 1.43 bits per heavy atom. The first kappa shape index (κ1) is 14.7. The van der Waals surface area contributed by atoms with E-state index in [0.29, 0.717) is 17.5 Å². The van der Waals surface area contributed by atoms with E-state index in [0.717, 1.165) is 0 Å². The molecule has 0 fully saturated rings. The maximum Gasteiger partial charge on any atom is 0.339 e. The van der Waals surface area contributed by atoms with Crippen LogP contribution in [-0.2, 0) is 14.3 Å². The molecule has 1 unspecified atom stereocenters. The standard InChI is InChI=1S/C13H13N3O5/c1-14-11(12(18)16-6-17)10-4-8-9(21-10)3-7(5-15-8)13(19)20-2/h3-6,11,14H,1-2H3,(H,16,17,18). The molecule has 0 aliphatic carbocycles. The fourth-order valence-corrected chi connectivity index (χ4v) is 1.85. The number of nitrogens with one attached hydrogen (secondary N) is 2. The van der Waals surface area contributed by atoms with Crippen LogP contribution >= 0.6 is 0 Å². The van der Waals surface area contributed by atoms with E-state index in [1.165, 1.54) is 19.4 Å². The molecule has 0 saturated heterocycles. The van der Waals surface area contributed by atoms with E-state index in [-0.39, 0.29) is 11.3 Å². The number of ether oxygens (including phenoxy) is 1. The number of carbonyl (C=O) groups is 3. The minimum atomic E-state index is -0.842. The van der Waals surface area contributed by atoms with Gasteiger partial charge in [0.1, 0.15) is 17.3 Å². The van der Waals surface area contributed by atoms with E-state index in [1.807, 2.05) is 5.32 Å². The van der Waals surface area contributed by atoms with E-state index < -0.39 is 17.9 Å². The molecule has 0 aliphatic rings. The third kappa shape index (κ3) is 2.90. The molecule has 0 aliphatic heterocycles. The van der Waals surface area contributed by atoms with Crippen molar-refractivity contribution in [2.24, 2.45) is 0 Å². The number of fused-ring (bicyclic) bond motifs is 1. The average Bonchev–Trinajstić information content (AvgIpc) is 2.89. The summed E-state index contributed by atoms with van der Waals surface area (Å²) >= 11 is 0. The Labute approximate surface area is 119 Å². The summed E-state index contributed by atoms with van der Waals surface area (Å²) in [6, 6.07) is 2.19. The first-order valence-corrected chi connectivity index (χ1v) is 5.99. The minimum Gasteiger partial charge on any atom is -0.465 e. The minimum absolute atomic E-state index is 0.240. The second-order valence-corrected chi connectivity index (χ2v) is 4.10. The second kappa shape index (κ2) is 6.14. The number of hydrogen-bond donors (Lipinski definition) is 2. The van der Waals surface area contributed by atoms with Crippen LogP contribution in [0.2, 0.25) is 0 Å². The normalized spacial score (nSPS) is 11.9. The number of methoxy groups -OCH3 is 1. The van der Waals surface area contributed by atoms with Gasteiger partial charge < -0.3 is 14.5 Å². The van der Waals surface area contributed by atoms with Crippen LogP contribution in [-0.4, -0.2) is 37.4 Å². The van der Waals surface area contributed by atoms with Gasteiger partial charge in [0.2, 0.25) is 6.41 Å². The van der Waals surface area contributed by atoms with Crippen LogP contribution in [0.4, 0.5) is 0 Å². The summed E-state index contributed by atoms with van der Waals surface area (Å²) in [4.78, 5) is 37.5. The highest BCUT2D eigenvalue weighted by molar-refractivity contribution is 5.93. The highest BCUT2D eigenvalue weighted by atomic mass is 16.5. The van der Waals surface area contributed by atoms with Crippen molar-refractivity contribution in [1.82, 2.24) is 15.6 Å². The summed E-state index contributed by atoms with van der Waals surface area (Å²) < 4.78 is 10.1. The quantitative estimate of drug-likeness (QED) is 0.595. The molecule has 110 valence electrons. The molecule has 2 amide bonds. The predicted octanol–water partition coefficient (Wildman–Crippen LogP) is 0.147. The number of pyridine rings is 1. The van der Waals surface area contributed by atoms with Crippen molar-refractivity contribution in [2.45, 2.75) is 6.04 Å². The number of imide groups is 1. The van der Waals surface area contributed by atoms with Crippen molar-refractivity contribution in [3.05, 3.63) is 29.7 Å². The maximum absolute atomic E-state index is 11.7. The Kier molecular flexibility index (Phi) is 4.29. The van der Waals surface area contributed by atoms with Crippen LogP contribution in [0.15, 0.2) is 22.7 Å². The zero-order chi connectivity index (χ0) is 15.4. The third-order valence-corrected chi connectivity index (χ3v) is 2.85. The van der Waals surface area contributed by atoms with Crippen molar-refractivity contribution in [3.63, 3.8) is 0 Å². The highest BCUT2D eigenvalue weighted by Crippen LogP contribution is 2.23. The molecule has 0 aromatic carbocycles. The molecule has 0 spiro atoms. The van der Waals surface area contributed by atoms with Crippen LogP contribution in [0.1, 0.15) is 22.2 Å². The molecule has 8 heteroatoms. The largest absolute Gasteiger partial charge is 0.465 e. The van der Waals surface area contributed by atoms with E-state index in [2.05, 4.69) is 15.0 Å². The van der Waals surface area contributed by atoms with Crippen LogP contribution in [0.25, 0.3) is 11.1 Å². The second-order valence-electron chi connectivity index (χ2n) is 4.10. The molecule has 2 heterocycles. The molecule has 8 nitrogen and oxygen atoms in total. The number of esters is 1. The van der Waals surface area contributed by atoms with Crippen LogP contribution in [0, 0.1) is 0 Å². The lowest BCUT2D eigenvalue weighted by atomic mass is 10.2. The Hall–Kier alpha value is -2.74. The third-order valence-electron chi connectivity index (χ3n) is 2.85. The summed E-state index contributed by atoms with van der Waals surface area (Å²) in [6.07, 6.45) is 1.65. The summed E-state index contributed by atoms with van der Waals surface area (Å²) in [5, 5.41) is 4.77. The number of nitrogens with zero attached hydrogens (tertiary/aromatic N) is 1. The van der Waals surface area contributed by atoms with Gasteiger partial charge in [-0.05, 0) is 13.1 Å². The first-order chi connectivity index (χ1) is 10.1. The lowest BCUT2D eigenvalue weighted by Crippen LogP contribution is -2.34. The summed E-state index contributed by atoms with van der Waals surface area (Å²) in [5.41, 5.74) is 1.06. The number of aromatic nitrogens is 1. The molecule has 0 radical (unpaired) electrons. The van der Waals surface area contributed by atoms with Gasteiger partial charge in [-0.15, -0.1) is 0 Å². The predicted molar refractivity (Wildman–Crippen MR) is 71.4 cm³/mol. The molecule has 2 rings (SSSR count). The molecule has 0 bridgehead atoms. The Bertz CT molecular complexity index is 694. The number of amides is 2. The van der Waals surface area contributed by atoms with Crippen molar-refractivity contribution in [1.29, 1.82) is 0 Å². The van der Waals surface area contributed by atoms with E-state index >= 15 is 0 Å². The summed E-state index contributed by atoms with van der Waals surface area (Å²) in [5.74, 6) is -0.813. The van der Waals surface area contributed by atoms with Crippen molar-refractivity contribution in [3.8, 4) is 0 Å². The van der Waals surface area contributed by atoms with E-state index in [4.69, 9.17) is 4.42 Å². The molecule has 0 saturated carbocycles. The number of hydrogen-bond acceptors (Lipinski definition) is 7. The van der Waals surface area contributed by atoms with Crippen LogP contribution in [0.3, 0.4) is 0 Å². The topological polar surface area (TPSA) is 111 Å². The lowest BCUT2D eigenvalue weighted by Gasteiger charge is -2.10. The Morgan fingerprint density at radius 3 is 2.81 bits per heavy atom. The van der Waals surface area contributed by atoms with E-state index in [9.17, 15) is 14.4 Å². The van der Waals surface area contributed by atoms with E-state index in [1.54, 1.807) is 13.1 Å². The fraction of sp³-hybridized carbons (Fsp3) is 0.231. The lowest BCUT2D eigenvalue weighted by molar-refractivity contribution is -0.127.